The largest absolute Gasteiger partial charge is 0.370 e. The van der Waals surface area contributed by atoms with Gasteiger partial charge in [0.15, 0.2) is 0 Å². The first-order valence-corrected chi connectivity index (χ1v) is 8.26. The van der Waals surface area contributed by atoms with Crippen LogP contribution in [0.2, 0.25) is 0 Å². The highest BCUT2D eigenvalue weighted by atomic mass is 127. The summed E-state index contributed by atoms with van der Waals surface area (Å²) in [4.78, 5) is 0. The molecule has 3 heteroatoms. The number of ether oxygens (including phenoxy) is 1. The van der Waals surface area contributed by atoms with Gasteiger partial charge in [-0.05, 0) is 30.9 Å². The molecule has 0 aromatic heterocycles. The second-order valence-corrected chi connectivity index (χ2v) is 6.49. The molecule has 0 fully saturated rings. The molecule has 0 heterocycles. The Morgan fingerprint density at radius 2 is 2.00 bits per heavy atom. The van der Waals surface area contributed by atoms with Crippen LogP contribution in [0.25, 0.3) is 0 Å². The van der Waals surface area contributed by atoms with E-state index in [1.54, 1.807) is 0 Å². The molecule has 0 saturated heterocycles. The molecule has 96 valence electrons. The van der Waals surface area contributed by atoms with Crippen molar-refractivity contribution in [1.29, 1.82) is 0 Å². The van der Waals surface area contributed by atoms with E-state index in [4.69, 9.17) is 4.74 Å². The van der Waals surface area contributed by atoms with Crippen molar-refractivity contribution >= 4 is 38.5 Å². The van der Waals surface area contributed by atoms with E-state index in [0.717, 1.165) is 21.9 Å². The van der Waals surface area contributed by atoms with Gasteiger partial charge < -0.3 is 4.74 Å². The summed E-state index contributed by atoms with van der Waals surface area (Å²) in [5, 5.41) is 0. The molecule has 17 heavy (non-hydrogen) atoms. The molecular formula is C14H20BrIO. The standard InChI is InChI=1S/C14H20BrIO/c1-11(2)8-9-17-14(3,10-16)12-6-4-5-7-13(12)15/h4-7,11H,8-10H2,1-3H3. The summed E-state index contributed by atoms with van der Waals surface area (Å²) in [6.07, 6.45) is 1.11. The molecule has 0 bridgehead atoms. The van der Waals surface area contributed by atoms with Crippen molar-refractivity contribution in [2.45, 2.75) is 32.8 Å². The van der Waals surface area contributed by atoms with Crippen LogP contribution in [-0.2, 0) is 10.3 Å². The second-order valence-electron chi connectivity index (χ2n) is 4.88. The molecule has 0 saturated carbocycles. The van der Waals surface area contributed by atoms with Crippen LogP contribution >= 0.6 is 38.5 Å². The zero-order chi connectivity index (χ0) is 12.9. The first-order chi connectivity index (χ1) is 7.99. The molecule has 1 aromatic carbocycles. The van der Waals surface area contributed by atoms with E-state index in [2.05, 4.69) is 77.5 Å². The van der Waals surface area contributed by atoms with Gasteiger partial charge in [-0.15, -0.1) is 0 Å². The van der Waals surface area contributed by atoms with Crippen molar-refractivity contribution in [3.8, 4) is 0 Å². The highest BCUT2D eigenvalue weighted by Crippen LogP contribution is 2.33. The summed E-state index contributed by atoms with van der Waals surface area (Å²) in [5.74, 6) is 0.688. The highest BCUT2D eigenvalue weighted by Gasteiger charge is 2.28. The molecule has 1 unspecified atom stereocenters. The number of halogens is 2. The third-order valence-electron chi connectivity index (χ3n) is 2.81. The monoisotopic (exact) mass is 410 g/mol. The van der Waals surface area contributed by atoms with Crippen LogP contribution in [0.3, 0.4) is 0 Å². The Balaban J connectivity index is 2.78. The number of hydrogen-bond donors (Lipinski definition) is 0. The van der Waals surface area contributed by atoms with Gasteiger partial charge in [0.25, 0.3) is 0 Å². The predicted molar refractivity (Wildman–Crippen MR) is 85.8 cm³/mol. The van der Waals surface area contributed by atoms with Crippen LogP contribution in [0, 0.1) is 5.92 Å². The third kappa shape index (κ3) is 4.52. The SMILES string of the molecule is CC(C)CCOC(C)(CI)c1ccccc1Br. The van der Waals surface area contributed by atoms with Gasteiger partial charge in [0.2, 0.25) is 0 Å². The van der Waals surface area contributed by atoms with Crippen LogP contribution in [0.1, 0.15) is 32.8 Å². The lowest BCUT2D eigenvalue weighted by atomic mass is 9.98. The Kier molecular flexibility index (Phi) is 6.45. The lowest BCUT2D eigenvalue weighted by molar-refractivity contribution is -0.0206. The minimum atomic E-state index is -0.199. The first-order valence-electron chi connectivity index (χ1n) is 5.94. The van der Waals surface area contributed by atoms with Crippen LogP contribution in [0.5, 0.6) is 0 Å². The fourth-order valence-electron chi connectivity index (χ4n) is 1.60. The molecule has 0 aliphatic heterocycles. The summed E-state index contributed by atoms with van der Waals surface area (Å²) in [5.41, 5.74) is 1.04. The van der Waals surface area contributed by atoms with Gasteiger partial charge in [-0.25, -0.2) is 0 Å². The van der Waals surface area contributed by atoms with E-state index in [0.29, 0.717) is 5.92 Å². The number of alkyl halides is 1. The van der Waals surface area contributed by atoms with Gasteiger partial charge in [-0.1, -0.05) is 70.6 Å². The molecule has 0 aliphatic rings. The summed E-state index contributed by atoms with van der Waals surface area (Å²) in [6, 6.07) is 8.32. The third-order valence-corrected chi connectivity index (χ3v) is 4.96. The Hall–Kier alpha value is 0.390. The molecule has 1 aromatic rings. The maximum Gasteiger partial charge on any atom is 0.100 e. The number of rotatable bonds is 6. The van der Waals surface area contributed by atoms with Crippen LogP contribution in [0.15, 0.2) is 28.7 Å². The number of benzene rings is 1. The topological polar surface area (TPSA) is 9.23 Å². The minimum Gasteiger partial charge on any atom is -0.370 e. The van der Waals surface area contributed by atoms with Gasteiger partial charge in [-0.2, -0.15) is 0 Å². The Bertz CT molecular complexity index is 354. The molecule has 0 amide bonds. The fourth-order valence-corrected chi connectivity index (χ4v) is 2.93. The van der Waals surface area contributed by atoms with E-state index in [1.165, 1.54) is 5.56 Å². The molecule has 1 atom stereocenters. The summed E-state index contributed by atoms with van der Waals surface area (Å²) in [7, 11) is 0. The van der Waals surface area contributed by atoms with Crippen molar-refractivity contribution in [3.05, 3.63) is 34.3 Å². The summed E-state index contributed by atoms with van der Waals surface area (Å²) in [6.45, 7) is 7.44. The molecule has 0 spiro atoms. The average molecular weight is 411 g/mol. The van der Waals surface area contributed by atoms with Crippen molar-refractivity contribution in [2.75, 3.05) is 11.0 Å². The summed E-state index contributed by atoms with van der Waals surface area (Å²) < 4.78 is 8.20. The molecule has 0 aliphatic carbocycles. The van der Waals surface area contributed by atoms with Gasteiger partial charge in [0, 0.05) is 15.5 Å². The van der Waals surface area contributed by atoms with Gasteiger partial charge >= 0.3 is 0 Å². The first kappa shape index (κ1) is 15.4. The predicted octanol–water partition coefficient (Wildman–Crippen LogP) is 5.16. The van der Waals surface area contributed by atoms with Gasteiger partial charge in [0.1, 0.15) is 5.60 Å². The number of hydrogen-bond acceptors (Lipinski definition) is 1. The van der Waals surface area contributed by atoms with Crippen molar-refractivity contribution in [1.82, 2.24) is 0 Å². The van der Waals surface area contributed by atoms with E-state index in [9.17, 15) is 0 Å². The molecule has 0 radical (unpaired) electrons. The highest BCUT2D eigenvalue weighted by molar-refractivity contribution is 14.1. The second kappa shape index (κ2) is 7.10. The lowest BCUT2D eigenvalue weighted by Gasteiger charge is -2.30. The Morgan fingerprint density at radius 3 is 2.53 bits per heavy atom. The van der Waals surface area contributed by atoms with E-state index in [1.807, 2.05) is 6.07 Å². The maximum absolute atomic E-state index is 6.12. The Labute approximate surface area is 127 Å². The van der Waals surface area contributed by atoms with E-state index in [-0.39, 0.29) is 5.60 Å². The molecule has 1 nitrogen and oxygen atoms in total. The van der Waals surface area contributed by atoms with E-state index < -0.39 is 0 Å². The van der Waals surface area contributed by atoms with Gasteiger partial charge in [0.05, 0.1) is 0 Å². The van der Waals surface area contributed by atoms with Crippen molar-refractivity contribution < 1.29 is 4.74 Å². The van der Waals surface area contributed by atoms with Gasteiger partial charge in [-0.3, -0.25) is 0 Å². The summed E-state index contributed by atoms with van der Waals surface area (Å²) >= 11 is 6.01. The quantitative estimate of drug-likeness (QED) is 0.464. The van der Waals surface area contributed by atoms with Crippen molar-refractivity contribution in [3.63, 3.8) is 0 Å². The van der Waals surface area contributed by atoms with Crippen LogP contribution < -0.4 is 0 Å². The lowest BCUT2D eigenvalue weighted by Crippen LogP contribution is -2.29. The molecular weight excluding hydrogens is 391 g/mol. The fraction of sp³-hybridized carbons (Fsp3) is 0.571. The van der Waals surface area contributed by atoms with Crippen molar-refractivity contribution in [2.24, 2.45) is 5.92 Å². The molecule has 0 N–H and O–H groups in total. The average Bonchev–Trinajstić information content (AvgIpc) is 2.29. The zero-order valence-electron chi connectivity index (χ0n) is 10.7. The Morgan fingerprint density at radius 1 is 1.35 bits per heavy atom. The smallest absolute Gasteiger partial charge is 0.100 e. The minimum absolute atomic E-state index is 0.199. The van der Waals surface area contributed by atoms with E-state index >= 15 is 0 Å². The maximum atomic E-state index is 6.12. The zero-order valence-corrected chi connectivity index (χ0v) is 14.4. The molecule has 1 rings (SSSR count). The van der Waals surface area contributed by atoms with Crippen LogP contribution in [-0.4, -0.2) is 11.0 Å². The van der Waals surface area contributed by atoms with Crippen LogP contribution in [0.4, 0.5) is 0 Å². The normalized spacial score (nSPS) is 14.9.